The number of aliphatic imine (C=N–C) groups is 1. The van der Waals surface area contributed by atoms with Gasteiger partial charge in [-0.2, -0.15) is 23.1 Å². The van der Waals surface area contributed by atoms with Gasteiger partial charge in [-0.3, -0.25) is 4.90 Å². The minimum absolute atomic E-state index is 0.0900. The molecule has 1 aromatic carbocycles. The van der Waals surface area contributed by atoms with Crippen LogP contribution in [0.4, 0.5) is 29.1 Å². The molecule has 9 nitrogen and oxygen atoms in total. The zero-order valence-corrected chi connectivity index (χ0v) is 23.9. The summed E-state index contributed by atoms with van der Waals surface area (Å²) in [6.45, 7) is 3.82. The van der Waals surface area contributed by atoms with Crippen molar-refractivity contribution in [1.29, 1.82) is 0 Å². The van der Waals surface area contributed by atoms with Crippen LogP contribution in [0.1, 0.15) is 66.8 Å². The third-order valence-electron chi connectivity index (χ3n) is 9.71. The normalized spacial score (nSPS) is 31.2. The van der Waals surface area contributed by atoms with Gasteiger partial charge >= 0.3 is 12.2 Å². The van der Waals surface area contributed by atoms with Crippen molar-refractivity contribution in [2.75, 3.05) is 50.0 Å². The summed E-state index contributed by atoms with van der Waals surface area (Å²) in [6, 6.07) is 4.70. The van der Waals surface area contributed by atoms with E-state index in [-0.39, 0.29) is 37.4 Å². The van der Waals surface area contributed by atoms with Gasteiger partial charge in [0.15, 0.2) is 6.40 Å². The third kappa shape index (κ3) is 5.22. The standard InChI is InChI=1S/C30H36F4N6O3/c31-19-14-29(6-1-9-40(29)16-19)36-18-42-27-37-25-15-28(43-17-22(25)26(38-27)39-8-2-11-41-12-10-39)7-5-23(30(32,33)34)21-4-3-20(35)13-24(21)28/h3-4,13,18-19,23H,1-2,5-12,14-17,35H2/t19-,23?,28?,29?/m1/s1. The summed E-state index contributed by atoms with van der Waals surface area (Å²) in [5.41, 5.74) is 6.97. The second-order valence-corrected chi connectivity index (χ2v) is 12.3. The molecule has 7 rings (SSSR count). The molecule has 43 heavy (non-hydrogen) atoms. The predicted octanol–water partition coefficient (Wildman–Crippen LogP) is 4.63. The summed E-state index contributed by atoms with van der Waals surface area (Å²) in [5, 5.41) is 0. The second kappa shape index (κ2) is 10.8. The van der Waals surface area contributed by atoms with Crippen molar-refractivity contribution >= 4 is 17.9 Å². The van der Waals surface area contributed by atoms with Gasteiger partial charge in [-0.1, -0.05) is 6.07 Å². The van der Waals surface area contributed by atoms with Crippen LogP contribution in [-0.2, 0) is 28.1 Å². The van der Waals surface area contributed by atoms with Crippen LogP contribution in [0.25, 0.3) is 0 Å². The minimum atomic E-state index is -4.38. The molecule has 5 aliphatic rings. The van der Waals surface area contributed by atoms with Crippen molar-refractivity contribution in [3.8, 4) is 6.01 Å². The Bertz CT molecular complexity index is 1400. The number of aromatic nitrogens is 2. The molecular weight excluding hydrogens is 568 g/mol. The fourth-order valence-electron chi connectivity index (χ4n) is 7.65. The number of nitrogen functional groups attached to an aromatic ring is 1. The third-order valence-corrected chi connectivity index (χ3v) is 9.71. The Morgan fingerprint density at radius 3 is 2.86 bits per heavy atom. The molecule has 1 aromatic heterocycles. The van der Waals surface area contributed by atoms with Crippen LogP contribution in [0.5, 0.6) is 6.01 Å². The van der Waals surface area contributed by atoms with Crippen molar-refractivity contribution in [2.45, 2.75) is 81.1 Å². The SMILES string of the molecule is Nc1ccc2c(c1)C1(CCC2C(F)(F)F)Cc2nc(OC=NC34CCCN3C[C@H](F)C4)nc(N3CCCOCC3)c2CO1. The Morgan fingerprint density at radius 2 is 2.00 bits per heavy atom. The summed E-state index contributed by atoms with van der Waals surface area (Å²) < 4.78 is 74.4. The number of benzene rings is 1. The smallest absolute Gasteiger partial charge is 0.395 e. The molecule has 1 aliphatic carbocycles. The van der Waals surface area contributed by atoms with Crippen LogP contribution in [0.3, 0.4) is 0 Å². The number of rotatable bonds is 4. The number of nitrogens with two attached hydrogens (primary N) is 1. The molecule has 0 amide bonds. The molecule has 3 fully saturated rings. The van der Waals surface area contributed by atoms with Gasteiger partial charge in [0.25, 0.3) is 0 Å². The lowest BCUT2D eigenvalue weighted by atomic mass is 9.70. The van der Waals surface area contributed by atoms with Crippen molar-refractivity contribution in [1.82, 2.24) is 14.9 Å². The Morgan fingerprint density at radius 1 is 1.12 bits per heavy atom. The van der Waals surface area contributed by atoms with Crippen LogP contribution in [0.15, 0.2) is 23.2 Å². The maximum atomic E-state index is 14.2. The van der Waals surface area contributed by atoms with Crippen LogP contribution in [0, 0.1) is 0 Å². The van der Waals surface area contributed by atoms with Crippen molar-refractivity contribution in [3.63, 3.8) is 0 Å². The monoisotopic (exact) mass is 604 g/mol. The zero-order valence-electron chi connectivity index (χ0n) is 23.9. The molecular formula is C30H36F4N6O3. The Kier molecular flexibility index (Phi) is 7.25. The van der Waals surface area contributed by atoms with E-state index in [1.165, 1.54) is 18.5 Å². The second-order valence-electron chi connectivity index (χ2n) is 12.3. The topological polar surface area (TPSA) is 98.3 Å². The molecule has 2 N–H and O–H groups in total. The van der Waals surface area contributed by atoms with E-state index < -0.39 is 29.5 Å². The number of alkyl halides is 4. The van der Waals surface area contributed by atoms with E-state index in [0.717, 1.165) is 31.4 Å². The summed E-state index contributed by atoms with van der Waals surface area (Å²) in [5.74, 6) is -0.920. The molecule has 13 heteroatoms. The highest BCUT2D eigenvalue weighted by Crippen LogP contribution is 2.53. The van der Waals surface area contributed by atoms with E-state index in [0.29, 0.717) is 62.0 Å². The highest BCUT2D eigenvalue weighted by Gasteiger charge is 2.52. The zero-order chi connectivity index (χ0) is 29.8. The summed E-state index contributed by atoms with van der Waals surface area (Å²) >= 11 is 0. The molecule has 232 valence electrons. The molecule has 0 radical (unpaired) electrons. The van der Waals surface area contributed by atoms with Crippen LogP contribution < -0.4 is 15.4 Å². The molecule has 0 saturated carbocycles. The first-order valence-corrected chi connectivity index (χ1v) is 15.1. The molecule has 5 heterocycles. The molecule has 3 saturated heterocycles. The van der Waals surface area contributed by atoms with Crippen LogP contribution in [-0.4, -0.2) is 78.7 Å². The molecule has 3 unspecified atom stereocenters. The van der Waals surface area contributed by atoms with Crippen molar-refractivity contribution in [2.24, 2.45) is 4.99 Å². The first-order chi connectivity index (χ1) is 20.7. The van der Waals surface area contributed by atoms with E-state index in [4.69, 9.17) is 29.9 Å². The molecule has 4 aliphatic heterocycles. The van der Waals surface area contributed by atoms with Crippen molar-refractivity contribution in [3.05, 3.63) is 40.6 Å². The van der Waals surface area contributed by atoms with E-state index >= 15 is 0 Å². The van der Waals surface area contributed by atoms with Crippen molar-refractivity contribution < 1.29 is 31.8 Å². The number of hydrogen-bond acceptors (Lipinski definition) is 9. The lowest BCUT2D eigenvalue weighted by Gasteiger charge is -2.45. The van der Waals surface area contributed by atoms with E-state index in [9.17, 15) is 17.6 Å². The highest BCUT2D eigenvalue weighted by atomic mass is 19.4. The Balaban J connectivity index is 1.24. The number of ether oxygens (including phenoxy) is 3. The molecule has 0 bridgehead atoms. The maximum absolute atomic E-state index is 14.2. The van der Waals surface area contributed by atoms with Gasteiger partial charge < -0.3 is 24.8 Å². The Labute approximate surface area is 247 Å². The van der Waals surface area contributed by atoms with Gasteiger partial charge in [0.05, 0.1) is 30.4 Å². The summed E-state index contributed by atoms with van der Waals surface area (Å²) in [7, 11) is 0. The average Bonchev–Trinajstić information content (AvgIpc) is 3.34. The maximum Gasteiger partial charge on any atom is 0.395 e. The minimum Gasteiger partial charge on any atom is -0.412 e. The van der Waals surface area contributed by atoms with Gasteiger partial charge in [0.2, 0.25) is 0 Å². The number of hydrogen-bond donors (Lipinski definition) is 1. The first-order valence-electron chi connectivity index (χ1n) is 15.1. The fraction of sp³-hybridized carbons (Fsp3) is 0.633. The lowest BCUT2D eigenvalue weighted by Crippen LogP contribution is -2.43. The van der Waals surface area contributed by atoms with E-state index in [1.54, 1.807) is 6.07 Å². The predicted molar refractivity (Wildman–Crippen MR) is 151 cm³/mol. The van der Waals surface area contributed by atoms with Gasteiger partial charge in [0, 0.05) is 56.9 Å². The van der Waals surface area contributed by atoms with Crippen LogP contribution >= 0.6 is 0 Å². The van der Waals surface area contributed by atoms with Crippen LogP contribution in [0.2, 0.25) is 0 Å². The van der Waals surface area contributed by atoms with Gasteiger partial charge in [0.1, 0.15) is 17.7 Å². The number of fused-ring (bicyclic) bond motifs is 4. The molecule has 1 spiro atoms. The van der Waals surface area contributed by atoms with Gasteiger partial charge in [-0.15, -0.1) is 0 Å². The number of anilines is 2. The highest BCUT2D eigenvalue weighted by molar-refractivity contribution is 5.56. The summed E-state index contributed by atoms with van der Waals surface area (Å²) in [6.07, 6.45) is -0.790. The first kappa shape index (κ1) is 28.7. The molecule has 4 atom stereocenters. The quantitative estimate of drug-likeness (QED) is 0.234. The largest absolute Gasteiger partial charge is 0.412 e. The van der Waals surface area contributed by atoms with Gasteiger partial charge in [-0.05, 0) is 55.4 Å². The number of halogens is 4. The Hall–Kier alpha value is -3.03. The molecule has 2 aromatic rings. The van der Waals surface area contributed by atoms with Gasteiger partial charge in [-0.25, -0.2) is 9.38 Å². The fourth-order valence-corrected chi connectivity index (χ4v) is 7.65. The lowest BCUT2D eigenvalue weighted by molar-refractivity contribution is -0.164. The van der Waals surface area contributed by atoms with E-state index in [2.05, 4.69) is 14.8 Å². The summed E-state index contributed by atoms with van der Waals surface area (Å²) in [4.78, 5) is 18.4. The average molecular weight is 605 g/mol. The van der Waals surface area contributed by atoms with E-state index in [1.807, 2.05) is 0 Å². The number of nitrogens with zero attached hydrogens (tertiary/aromatic N) is 5.